The van der Waals surface area contributed by atoms with Crippen LogP contribution in [0.15, 0.2) is 12.7 Å². The molecule has 0 aliphatic rings. The monoisotopic (exact) mass is 180 g/mol. The fourth-order valence-electron chi connectivity index (χ4n) is 0.867. The third-order valence-electron chi connectivity index (χ3n) is 1.55. The van der Waals surface area contributed by atoms with E-state index >= 15 is 0 Å². The third kappa shape index (κ3) is 7.10. The second-order valence-corrected chi connectivity index (χ2v) is 2.80. The lowest BCUT2D eigenvalue weighted by Gasteiger charge is -2.08. The predicted octanol–water partition coefficient (Wildman–Crippen LogP) is 0.419. The molecule has 0 aliphatic carbocycles. The van der Waals surface area contributed by atoms with Gasteiger partial charge in [0.25, 0.3) is 0 Å². The van der Waals surface area contributed by atoms with Crippen molar-refractivity contribution in [2.24, 2.45) is 5.73 Å². The number of carbonyl (C=O) groups is 1. The van der Waals surface area contributed by atoms with Gasteiger partial charge in [0.1, 0.15) is 0 Å². The molecular formula is C10H16N2O. The summed E-state index contributed by atoms with van der Waals surface area (Å²) in [5.41, 5.74) is 5.65. The molecule has 3 N–H and O–H groups in total. The van der Waals surface area contributed by atoms with Crippen LogP contribution >= 0.6 is 0 Å². The van der Waals surface area contributed by atoms with Gasteiger partial charge < -0.3 is 11.1 Å². The first-order valence-corrected chi connectivity index (χ1v) is 4.27. The van der Waals surface area contributed by atoms with Crippen LogP contribution in [0.1, 0.15) is 19.3 Å². The molecule has 0 aromatic rings. The number of nitrogens with one attached hydrogen (secondary N) is 1. The van der Waals surface area contributed by atoms with Crippen LogP contribution in [0.4, 0.5) is 0 Å². The minimum Gasteiger partial charge on any atom is -0.353 e. The summed E-state index contributed by atoms with van der Waals surface area (Å²) in [7, 11) is 0. The Morgan fingerprint density at radius 1 is 1.77 bits per heavy atom. The van der Waals surface area contributed by atoms with Crippen molar-refractivity contribution in [3.63, 3.8) is 0 Å². The fraction of sp³-hybridized carbons (Fsp3) is 0.500. The summed E-state index contributed by atoms with van der Waals surface area (Å²) < 4.78 is 0. The zero-order valence-corrected chi connectivity index (χ0v) is 7.75. The van der Waals surface area contributed by atoms with E-state index in [4.69, 9.17) is 12.2 Å². The smallest absolute Gasteiger partial charge is 0.221 e. The number of amides is 1. The van der Waals surface area contributed by atoms with Gasteiger partial charge in [-0.3, -0.25) is 4.79 Å². The van der Waals surface area contributed by atoms with E-state index in [2.05, 4.69) is 17.8 Å². The van der Waals surface area contributed by atoms with Gasteiger partial charge in [0.2, 0.25) is 5.91 Å². The lowest BCUT2D eigenvalue weighted by atomic mass is 10.1. The number of hydrogen-bond acceptors (Lipinski definition) is 2. The summed E-state index contributed by atoms with van der Waals surface area (Å²) >= 11 is 0. The summed E-state index contributed by atoms with van der Waals surface area (Å²) in [4.78, 5) is 11.1. The number of rotatable bonds is 6. The first-order valence-electron chi connectivity index (χ1n) is 4.27. The maximum atomic E-state index is 11.1. The Kier molecular flexibility index (Phi) is 6.66. The molecule has 0 spiro atoms. The highest BCUT2D eigenvalue weighted by Gasteiger charge is 2.07. The van der Waals surface area contributed by atoms with Crippen molar-refractivity contribution in [3.8, 4) is 12.3 Å². The van der Waals surface area contributed by atoms with Crippen LogP contribution in [0.25, 0.3) is 0 Å². The highest BCUT2D eigenvalue weighted by atomic mass is 16.1. The Hall–Kier alpha value is -1.27. The molecule has 0 saturated heterocycles. The molecule has 0 fully saturated rings. The molecule has 0 unspecified atom stereocenters. The number of carbonyl (C=O) groups excluding carboxylic acids is 1. The topological polar surface area (TPSA) is 55.1 Å². The van der Waals surface area contributed by atoms with E-state index in [-0.39, 0.29) is 11.9 Å². The predicted molar refractivity (Wildman–Crippen MR) is 53.9 cm³/mol. The molecule has 3 nitrogen and oxygen atoms in total. The van der Waals surface area contributed by atoms with E-state index in [1.807, 2.05) is 0 Å². The first-order chi connectivity index (χ1) is 6.20. The van der Waals surface area contributed by atoms with Gasteiger partial charge in [0.05, 0.1) is 0 Å². The molecule has 0 aromatic heterocycles. The maximum Gasteiger partial charge on any atom is 0.221 e. The van der Waals surface area contributed by atoms with Gasteiger partial charge in [-0.15, -0.1) is 18.9 Å². The van der Waals surface area contributed by atoms with Gasteiger partial charge in [-0.25, -0.2) is 0 Å². The van der Waals surface area contributed by atoms with Crippen LogP contribution in [0, 0.1) is 12.3 Å². The van der Waals surface area contributed by atoms with Gasteiger partial charge in [-0.05, 0) is 6.42 Å². The van der Waals surface area contributed by atoms with E-state index in [1.165, 1.54) is 0 Å². The van der Waals surface area contributed by atoms with Crippen LogP contribution in [0.2, 0.25) is 0 Å². The largest absolute Gasteiger partial charge is 0.353 e. The molecule has 0 bridgehead atoms. The lowest BCUT2D eigenvalue weighted by Crippen LogP contribution is -2.31. The Balaban J connectivity index is 3.53. The zero-order valence-electron chi connectivity index (χ0n) is 7.75. The number of terminal acetylenes is 1. The molecule has 3 heteroatoms. The zero-order chi connectivity index (χ0) is 10.1. The second kappa shape index (κ2) is 7.38. The molecule has 0 aliphatic heterocycles. The quantitative estimate of drug-likeness (QED) is 0.460. The van der Waals surface area contributed by atoms with E-state index < -0.39 is 0 Å². The Morgan fingerprint density at radius 3 is 3.00 bits per heavy atom. The molecule has 1 atom stereocenters. The van der Waals surface area contributed by atoms with Crippen molar-refractivity contribution in [1.82, 2.24) is 5.32 Å². The summed E-state index contributed by atoms with van der Waals surface area (Å²) in [6.45, 7) is 3.98. The number of hydrogen-bond donors (Lipinski definition) is 2. The van der Waals surface area contributed by atoms with Crippen LogP contribution in [0.5, 0.6) is 0 Å². The summed E-state index contributed by atoms with van der Waals surface area (Å²) in [5, 5.41) is 2.65. The Labute approximate surface area is 79.4 Å². The minimum atomic E-state index is -0.138. The van der Waals surface area contributed by atoms with Gasteiger partial charge in [-0.2, -0.15) is 0 Å². The molecule has 0 heterocycles. The van der Waals surface area contributed by atoms with Gasteiger partial charge in [0, 0.05) is 25.4 Å². The molecule has 72 valence electrons. The Bertz CT molecular complexity index is 205. The van der Waals surface area contributed by atoms with E-state index in [1.54, 1.807) is 6.08 Å². The van der Waals surface area contributed by atoms with E-state index in [0.29, 0.717) is 25.8 Å². The van der Waals surface area contributed by atoms with Gasteiger partial charge >= 0.3 is 0 Å². The maximum absolute atomic E-state index is 11.1. The van der Waals surface area contributed by atoms with Crippen LogP contribution in [0.3, 0.4) is 0 Å². The SMILES string of the molecule is C#CCC[C@H](N)CC(=O)NCC=C. The average Bonchev–Trinajstić information content (AvgIpc) is 2.11. The van der Waals surface area contributed by atoms with Crippen molar-refractivity contribution < 1.29 is 4.79 Å². The minimum absolute atomic E-state index is 0.0515. The van der Waals surface area contributed by atoms with Crippen molar-refractivity contribution in [2.45, 2.75) is 25.3 Å². The molecule has 0 aromatic carbocycles. The fourth-order valence-corrected chi connectivity index (χ4v) is 0.867. The van der Waals surface area contributed by atoms with Crippen molar-refractivity contribution >= 4 is 5.91 Å². The van der Waals surface area contributed by atoms with Crippen molar-refractivity contribution in [2.75, 3.05) is 6.54 Å². The standard InChI is InChI=1S/C10H16N2O/c1-3-5-6-9(11)8-10(13)12-7-4-2/h1,4,9H,2,5-8,11H2,(H,12,13)/t9-/m0/s1. The van der Waals surface area contributed by atoms with Gasteiger partial charge in [-0.1, -0.05) is 6.08 Å². The van der Waals surface area contributed by atoms with E-state index in [9.17, 15) is 4.79 Å². The highest BCUT2D eigenvalue weighted by Crippen LogP contribution is 1.97. The first kappa shape index (κ1) is 11.7. The molecule has 13 heavy (non-hydrogen) atoms. The summed E-state index contributed by atoms with van der Waals surface area (Å²) in [6.07, 6.45) is 8.34. The van der Waals surface area contributed by atoms with Gasteiger partial charge in [0.15, 0.2) is 0 Å². The lowest BCUT2D eigenvalue weighted by molar-refractivity contribution is -0.121. The number of nitrogens with two attached hydrogens (primary N) is 1. The summed E-state index contributed by atoms with van der Waals surface area (Å²) in [6, 6.07) is -0.138. The molecule has 0 rings (SSSR count). The molecular weight excluding hydrogens is 164 g/mol. The van der Waals surface area contributed by atoms with E-state index in [0.717, 1.165) is 0 Å². The second-order valence-electron chi connectivity index (χ2n) is 2.80. The Morgan fingerprint density at radius 2 is 2.46 bits per heavy atom. The highest BCUT2D eigenvalue weighted by molar-refractivity contribution is 5.76. The summed E-state index contributed by atoms with van der Waals surface area (Å²) in [5.74, 6) is 2.44. The normalized spacial score (nSPS) is 11.4. The molecule has 0 radical (unpaired) electrons. The van der Waals surface area contributed by atoms with Crippen molar-refractivity contribution in [1.29, 1.82) is 0 Å². The molecule has 1 amide bonds. The molecule has 0 saturated carbocycles. The van der Waals surface area contributed by atoms with Crippen LogP contribution in [-0.4, -0.2) is 18.5 Å². The van der Waals surface area contributed by atoms with Crippen LogP contribution in [-0.2, 0) is 4.79 Å². The van der Waals surface area contributed by atoms with Crippen LogP contribution < -0.4 is 11.1 Å². The van der Waals surface area contributed by atoms with Crippen molar-refractivity contribution in [3.05, 3.63) is 12.7 Å². The third-order valence-corrected chi connectivity index (χ3v) is 1.55. The average molecular weight is 180 g/mol.